The highest BCUT2D eigenvalue weighted by atomic mass is 35.5. The lowest BCUT2D eigenvalue weighted by molar-refractivity contribution is -0.131. The molecule has 0 radical (unpaired) electrons. The van der Waals surface area contributed by atoms with Gasteiger partial charge in [0, 0.05) is 50.4 Å². The highest BCUT2D eigenvalue weighted by Gasteiger charge is 2.37. The molecule has 14 heteroatoms. The zero-order valence-corrected chi connectivity index (χ0v) is 23.1. The van der Waals surface area contributed by atoms with Gasteiger partial charge in [-0.1, -0.05) is 0 Å². The van der Waals surface area contributed by atoms with Gasteiger partial charge in [0.25, 0.3) is 0 Å². The molecule has 0 saturated carbocycles. The number of aromatic nitrogens is 2. The van der Waals surface area contributed by atoms with E-state index in [2.05, 4.69) is 20.2 Å². The fraction of sp³-hybridized carbons (Fsp3) is 0.857. The Morgan fingerprint density at radius 2 is 1.80 bits per heavy atom. The Kier molecular flexibility index (Phi) is 12.6. The summed E-state index contributed by atoms with van der Waals surface area (Å²) in [6, 6.07) is 0.356. The van der Waals surface area contributed by atoms with Gasteiger partial charge >= 0.3 is 5.76 Å². The Morgan fingerprint density at radius 3 is 2.49 bits per heavy atom. The summed E-state index contributed by atoms with van der Waals surface area (Å²) in [5.74, 6) is 2.57. The lowest BCUT2D eigenvalue weighted by Crippen LogP contribution is -2.42. The van der Waals surface area contributed by atoms with Gasteiger partial charge in [0.05, 0.1) is 31.7 Å². The van der Waals surface area contributed by atoms with Crippen LogP contribution in [0.15, 0.2) is 9.21 Å². The van der Waals surface area contributed by atoms with Gasteiger partial charge in [-0.05, 0) is 32.4 Å². The van der Waals surface area contributed by atoms with Gasteiger partial charge in [0.2, 0.25) is 11.8 Å². The maximum atomic E-state index is 12.7. The lowest BCUT2D eigenvalue weighted by Gasteiger charge is -2.34. The third kappa shape index (κ3) is 7.50. The first-order chi connectivity index (χ1) is 15.7. The summed E-state index contributed by atoms with van der Waals surface area (Å²) < 4.78 is 12.4. The fourth-order valence-corrected chi connectivity index (χ4v) is 6.15. The minimum absolute atomic E-state index is 0. The summed E-state index contributed by atoms with van der Waals surface area (Å²) in [4.78, 5) is 31.7. The molecule has 0 aliphatic carbocycles. The maximum absolute atomic E-state index is 12.7. The Labute approximate surface area is 229 Å². The number of ether oxygens (including phenoxy) is 1. The van der Waals surface area contributed by atoms with Crippen LogP contribution in [0.25, 0.3) is 0 Å². The van der Waals surface area contributed by atoms with Crippen molar-refractivity contribution in [2.75, 3.05) is 70.7 Å². The molecule has 202 valence electrons. The number of halogens is 3. The number of hydrogen-bond donors (Lipinski definition) is 1. The molecule has 4 saturated heterocycles. The summed E-state index contributed by atoms with van der Waals surface area (Å²) in [6.07, 6.45) is 2.75. The van der Waals surface area contributed by atoms with E-state index in [9.17, 15) is 9.59 Å². The minimum atomic E-state index is -0.350. The molecule has 5 rings (SSSR count). The zero-order valence-electron chi connectivity index (χ0n) is 19.8. The maximum Gasteiger partial charge on any atom is 0.437 e. The van der Waals surface area contributed by atoms with Crippen LogP contribution in [0.2, 0.25) is 0 Å². The van der Waals surface area contributed by atoms with Gasteiger partial charge < -0.3 is 19.4 Å². The molecule has 0 spiro atoms. The molecule has 10 nitrogen and oxygen atoms in total. The Hall–Kier alpha value is -0.530. The Bertz CT molecular complexity index is 841. The highest BCUT2D eigenvalue weighted by Crippen LogP contribution is 2.29. The van der Waals surface area contributed by atoms with Crippen LogP contribution >= 0.6 is 49.0 Å². The minimum Gasteiger partial charge on any atom is -0.392 e. The smallest absolute Gasteiger partial charge is 0.392 e. The summed E-state index contributed by atoms with van der Waals surface area (Å²) >= 11 is 1.83. The van der Waals surface area contributed by atoms with Crippen LogP contribution in [-0.2, 0) is 16.1 Å². The van der Waals surface area contributed by atoms with Crippen molar-refractivity contribution in [1.82, 2.24) is 29.8 Å². The van der Waals surface area contributed by atoms with E-state index in [1.165, 1.54) is 4.68 Å². The van der Waals surface area contributed by atoms with Gasteiger partial charge in [-0.25, -0.2) is 4.79 Å². The van der Waals surface area contributed by atoms with E-state index in [0.717, 1.165) is 89.9 Å². The quantitative estimate of drug-likeness (QED) is 0.530. The van der Waals surface area contributed by atoms with E-state index in [4.69, 9.17) is 9.15 Å². The number of hydrogen-bond acceptors (Lipinski definition) is 9. The van der Waals surface area contributed by atoms with Crippen molar-refractivity contribution in [3.05, 3.63) is 16.4 Å². The fourth-order valence-electron chi connectivity index (χ4n) is 5.19. The van der Waals surface area contributed by atoms with Gasteiger partial charge in [-0.2, -0.15) is 4.68 Å². The number of nitrogens with zero attached hydrogens (tertiary/aromatic N) is 5. The standard InChI is InChI=1S/C21H34N6O4S.3ClH/c28-20(26-9-12-32-15-26)18-13-17(14-22-18)25-3-1-16(2-4-25)19-23-27(21(29)31-19)6-5-24-7-10-30-11-8-24;;;/h16-18,22H,1-15H2;3*1H/t17-,18-;;;/m0.../s1. The molecule has 4 aliphatic heterocycles. The number of carbonyl (C=O) groups excluding carboxylic acids is 1. The molecule has 1 aromatic heterocycles. The van der Waals surface area contributed by atoms with Crippen molar-refractivity contribution in [1.29, 1.82) is 0 Å². The van der Waals surface area contributed by atoms with Gasteiger partial charge in [0.1, 0.15) is 0 Å². The SMILES string of the molecule is Cl.Cl.Cl.O=C([C@@H]1C[C@H](N2CCC(c3nn(CCN4CCOCC4)c(=O)o3)CC2)CN1)N1CCSC1. The molecule has 1 aromatic rings. The lowest BCUT2D eigenvalue weighted by atomic mass is 9.95. The molecule has 4 aliphatic rings. The number of nitrogens with one attached hydrogen (secondary N) is 1. The zero-order chi connectivity index (χ0) is 21.9. The van der Waals surface area contributed by atoms with Crippen molar-refractivity contribution in [3.8, 4) is 0 Å². The van der Waals surface area contributed by atoms with Gasteiger partial charge in [-0.15, -0.1) is 54.1 Å². The second-order valence-electron chi connectivity index (χ2n) is 9.18. The van der Waals surface area contributed by atoms with Crippen LogP contribution in [0.1, 0.15) is 31.1 Å². The Morgan fingerprint density at radius 1 is 1.06 bits per heavy atom. The predicted molar refractivity (Wildman–Crippen MR) is 143 cm³/mol. The van der Waals surface area contributed by atoms with Crippen LogP contribution in [0.5, 0.6) is 0 Å². The van der Waals surface area contributed by atoms with E-state index in [0.29, 0.717) is 18.5 Å². The molecule has 1 amide bonds. The molecule has 2 atom stereocenters. The summed E-state index contributed by atoms with van der Waals surface area (Å²) in [5.41, 5.74) is 0. The van der Waals surface area contributed by atoms with E-state index in [1.54, 1.807) is 0 Å². The van der Waals surface area contributed by atoms with Crippen LogP contribution < -0.4 is 11.1 Å². The molecule has 35 heavy (non-hydrogen) atoms. The second kappa shape index (κ2) is 14.4. The van der Waals surface area contributed by atoms with E-state index in [1.807, 2.05) is 16.7 Å². The van der Waals surface area contributed by atoms with Gasteiger partial charge in [-0.3, -0.25) is 14.6 Å². The number of carbonyl (C=O) groups is 1. The molecule has 1 N–H and O–H groups in total. The summed E-state index contributed by atoms with van der Waals surface area (Å²) in [5, 5.41) is 7.96. The molecule has 4 fully saturated rings. The average molecular weight is 576 g/mol. The number of likely N-dealkylation sites (tertiary alicyclic amines) is 1. The first-order valence-electron chi connectivity index (χ1n) is 11.9. The summed E-state index contributed by atoms with van der Waals surface area (Å²) in [6.45, 7) is 8.28. The van der Waals surface area contributed by atoms with Crippen molar-refractivity contribution in [2.45, 2.75) is 43.8 Å². The summed E-state index contributed by atoms with van der Waals surface area (Å²) in [7, 11) is 0. The number of morpholine rings is 1. The van der Waals surface area contributed by atoms with Crippen LogP contribution in [0.4, 0.5) is 0 Å². The number of piperidine rings is 1. The third-order valence-electron chi connectivity index (χ3n) is 7.22. The van der Waals surface area contributed by atoms with Crippen LogP contribution in [-0.4, -0.2) is 113 Å². The highest BCUT2D eigenvalue weighted by molar-refractivity contribution is 7.99. The van der Waals surface area contributed by atoms with Crippen molar-refractivity contribution in [2.24, 2.45) is 0 Å². The number of thioether (sulfide) groups is 1. The van der Waals surface area contributed by atoms with Gasteiger partial charge in [0.15, 0.2) is 0 Å². The molecule has 5 heterocycles. The number of amides is 1. The first kappa shape index (κ1) is 30.7. The van der Waals surface area contributed by atoms with Crippen LogP contribution in [0, 0.1) is 0 Å². The topological polar surface area (TPSA) is 96.1 Å². The van der Waals surface area contributed by atoms with Crippen molar-refractivity contribution in [3.63, 3.8) is 0 Å². The van der Waals surface area contributed by atoms with Crippen molar-refractivity contribution < 1.29 is 13.9 Å². The predicted octanol–water partition coefficient (Wildman–Crippen LogP) is 0.877. The molecule has 0 bridgehead atoms. The largest absolute Gasteiger partial charge is 0.437 e. The Balaban J connectivity index is 0.00000144. The van der Waals surface area contributed by atoms with E-state index < -0.39 is 0 Å². The molecule has 0 unspecified atom stereocenters. The average Bonchev–Trinajstić information content (AvgIpc) is 3.59. The number of rotatable bonds is 6. The molecule has 0 aromatic carbocycles. The molecular weight excluding hydrogens is 539 g/mol. The normalized spacial score (nSPS) is 26.1. The molecular formula is C21H37Cl3N6O4S. The van der Waals surface area contributed by atoms with Crippen LogP contribution in [0.3, 0.4) is 0 Å². The monoisotopic (exact) mass is 574 g/mol. The third-order valence-corrected chi connectivity index (χ3v) is 8.18. The van der Waals surface area contributed by atoms with E-state index in [-0.39, 0.29) is 60.8 Å². The van der Waals surface area contributed by atoms with Crippen molar-refractivity contribution >= 4 is 54.9 Å². The first-order valence-corrected chi connectivity index (χ1v) is 13.0. The van der Waals surface area contributed by atoms with E-state index >= 15 is 0 Å². The second-order valence-corrected chi connectivity index (χ2v) is 10.3.